The zero-order valence-electron chi connectivity index (χ0n) is 16.1. The summed E-state index contributed by atoms with van der Waals surface area (Å²) < 4.78 is 19.1. The van der Waals surface area contributed by atoms with Crippen molar-refractivity contribution in [2.24, 2.45) is 0 Å². The number of imidazole rings is 1. The molecule has 5 rings (SSSR count). The number of hydrogen-bond acceptors (Lipinski definition) is 7. The van der Waals surface area contributed by atoms with Crippen LogP contribution in [0.1, 0.15) is 12.8 Å². The molecule has 1 atom stereocenters. The Balaban J connectivity index is 1.37. The van der Waals surface area contributed by atoms with Gasteiger partial charge in [-0.3, -0.25) is 0 Å². The van der Waals surface area contributed by atoms with Gasteiger partial charge in [-0.1, -0.05) is 6.07 Å². The number of rotatable bonds is 4. The van der Waals surface area contributed by atoms with Crippen LogP contribution in [0.3, 0.4) is 0 Å². The minimum absolute atomic E-state index is 0.185. The van der Waals surface area contributed by atoms with Crippen molar-refractivity contribution in [3.05, 3.63) is 36.4 Å². The Morgan fingerprint density at radius 3 is 2.90 bits per heavy atom. The largest absolute Gasteiger partial charge is 0.378 e. The number of nitrogens with zero attached hydrogens (tertiary/aromatic N) is 5. The highest BCUT2D eigenvalue weighted by molar-refractivity contribution is 5.84. The Hall–Kier alpha value is -2.94. The molecule has 2 fully saturated rings. The highest BCUT2D eigenvalue weighted by Crippen LogP contribution is 2.26. The first kappa shape index (κ1) is 18.1. The van der Waals surface area contributed by atoms with E-state index in [4.69, 9.17) is 9.72 Å². The van der Waals surface area contributed by atoms with Crippen molar-refractivity contribution in [1.29, 1.82) is 0 Å². The van der Waals surface area contributed by atoms with Gasteiger partial charge in [-0.2, -0.15) is 9.97 Å². The van der Waals surface area contributed by atoms with E-state index >= 15 is 0 Å². The lowest BCUT2D eigenvalue weighted by Crippen LogP contribution is -2.42. The smallest absolute Gasteiger partial charge is 0.227 e. The predicted octanol–water partition coefficient (Wildman–Crippen LogP) is 2.41. The average Bonchev–Trinajstić information content (AvgIpc) is 3.23. The van der Waals surface area contributed by atoms with Crippen molar-refractivity contribution in [1.82, 2.24) is 19.9 Å². The summed E-state index contributed by atoms with van der Waals surface area (Å²) in [5, 5.41) is 3.49. The van der Waals surface area contributed by atoms with Gasteiger partial charge in [0.15, 0.2) is 17.0 Å². The molecule has 3 aromatic rings. The molecule has 9 heteroatoms. The summed E-state index contributed by atoms with van der Waals surface area (Å²) in [5.74, 6) is 1.22. The lowest BCUT2D eigenvalue weighted by molar-refractivity contribution is 0.122. The Kier molecular flexibility index (Phi) is 4.89. The molecule has 2 N–H and O–H groups in total. The standard InChI is InChI=1S/C20H24FN7O/c21-14-3-1-5-16(11-14)28-6-2-4-15(12-28)24-20-25-18-17(22-13-23-18)19(26-20)27-7-9-29-10-8-27/h1,3,5,11,13,15H,2,4,6-10,12H2,(H2,22,23,24,25,26)/t15-/m1/s1. The van der Waals surface area contributed by atoms with Gasteiger partial charge in [-0.05, 0) is 31.0 Å². The third kappa shape index (κ3) is 3.82. The van der Waals surface area contributed by atoms with Crippen molar-refractivity contribution in [3.8, 4) is 0 Å². The lowest BCUT2D eigenvalue weighted by Gasteiger charge is -2.35. The van der Waals surface area contributed by atoms with E-state index in [1.165, 1.54) is 6.07 Å². The van der Waals surface area contributed by atoms with E-state index in [-0.39, 0.29) is 11.9 Å². The number of nitrogens with one attached hydrogen (secondary N) is 2. The first-order valence-electron chi connectivity index (χ1n) is 10.1. The molecule has 8 nitrogen and oxygen atoms in total. The van der Waals surface area contributed by atoms with Gasteiger partial charge in [0.05, 0.1) is 19.5 Å². The summed E-state index contributed by atoms with van der Waals surface area (Å²) >= 11 is 0. The minimum Gasteiger partial charge on any atom is -0.378 e. The number of anilines is 3. The van der Waals surface area contributed by atoms with Crippen LogP contribution in [0.15, 0.2) is 30.6 Å². The maximum Gasteiger partial charge on any atom is 0.227 e. The van der Waals surface area contributed by atoms with E-state index in [0.29, 0.717) is 19.2 Å². The number of ether oxygens (including phenoxy) is 1. The van der Waals surface area contributed by atoms with Gasteiger partial charge in [-0.25, -0.2) is 9.37 Å². The zero-order valence-corrected chi connectivity index (χ0v) is 16.1. The number of morpholine rings is 1. The average molecular weight is 397 g/mol. The van der Waals surface area contributed by atoms with Crippen LogP contribution in [0.25, 0.3) is 11.2 Å². The number of benzene rings is 1. The maximum atomic E-state index is 13.6. The highest BCUT2D eigenvalue weighted by atomic mass is 19.1. The number of hydrogen-bond donors (Lipinski definition) is 2. The summed E-state index contributed by atoms with van der Waals surface area (Å²) in [6.07, 6.45) is 3.69. The summed E-state index contributed by atoms with van der Waals surface area (Å²) in [5.41, 5.74) is 2.42. The molecule has 4 heterocycles. The monoisotopic (exact) mass is 397 g/mol. The summed E-state index contributed by atoms with van der Waals surface area (Å²) in [7, 11) is 0. The number of piperidine rings is 1. The quantitative estimate of drug-likeness (QED) is 0.700. The van der Waals surface area contributed by atoms with E-state index in [0.717, 1.165) is 61.7 Å². The van der Waals surface area contributed by atoms with Gasteiger partial charge >= 0.3 is 0 Å². The predicted molar refractivity (Wildman–Crippen MR) is 110 cm³/mol. The zero-order chi connectivity index (χ0) is 19.6. The summed E-state index contributed by atoms with van der Waals surface area (Å²) in [6, 6.07) is 6.96. The number of fused-ring (bicyclic) bond motifs is 1. The molecule has 2 aromatic heterocycles. The minimum atomic E-state index is -0.208. The molecule has 0 spiro atoms. The number of aromatic amines is 1. The summed E-state index contributed by atoms with van der Waals surface area (Å²) in [4.78, 5) is 21.3. The SMILES string of the molecule is Fc1cccc(N2CCC[C@@H](Nc3nc(N4CCOCC4)c4nc[nH]c4n3)C2)c1. The molecule has 152 valence electrons. The van der Waals surface area contributed by atoms with Crippen LogP contribution in [-0.4, -0.2) is 65.4 Å². The van der Waals surface area contributed by atoms with Crippen LogP contribution in [0.5, 0.6) is 0 Å². The number of H-pyrrole nitrogens is 1. The second-order valence-electron chi connectivity index (χ2n) is 7.48. The van der Waals surface area contributed by atoms with Crippen LogP contribution in [-0.2, 0) is 4.74 Å². The molecule has 0 bridgehead atoms. The van der Waals surface area contributed by atoms with Crippen molar-refractivity contribution in [3.63, 3.8) is 0 Å². The van der Waals surface area contributed by atoms with Gasteiger partial charge < -0.3 is 24.8 Å². The molecule has 2 aliphatic heterocycles. The fraction of sp³-hybridized carbons (Fsp3) is 0.450. The number of aromatic nitrogens is 4. The van der Waals surface area contributed by atoms with Crippen molar-refractivity contribution < 1.29 is 9.13 Å². The van der Waals surface area contributed by atoms with Crippen molar-refractivity contribution in [2.75, 3.05) is 54.5 Å². The molecule has 0 saturated carbocycles. The first-order chi connectivity index (χ1) is 14.3. The molecule has 2 aliphatic rings. The molecule has 0 amide bonds. The van der Waals surface area contributed by atoms with Crippen molar-refractivity contribution in [2.45, 2.75) is 18.9 Å². The highest BCUT2D eigenvalue weighted by Gasteiger charge is 2.23. The van der Waals surface area contributed by atoms with Gasteiger partial charge in [0.1, 0.15) is 5.82 Å². The van der Waals surface area contributed by atoms with E-state index in [1.54, 1.807) is 18.5 Å². The second-order valence-corrected chi connectivity index (χ2v) is 7.48. The first-order valence-corrected chi connectivity index (χ1v) is 10.1. The molecular weight excluding hydrogens is 373 g/mol. The topological polar surface area (TPSA) is 82.2 Å². The molecule has 2 saturated heterocycles. The fourth-order valence-corrected chi connectivity index (χ4v) is 4.07. The molecule has 0 aliphatic carbocycles. The lowest BCUT2D eigenvalue weighted by atomic mass is 10.0. The molecule has 29 heavy (non-hydrogen) atoms. The van der Waals surface area contributed by atoms with Crippen molar-refractivity contribution >= 4 is 28.6 Å². The second kappa shape index (κ2) is 7.82. The Labute approximate surface area is 168 Å². The van der Waals surface area contributed by atoms with E-state index in [1.807, 2.05) is 6.07 Å². The third-order valence-corrected chi connectivity index (χ3v) is 5.50. The van der Waals surface area contributed by atoms with Crippen LogP contribution < -0.4 is 15.1 Å². The Morgan fingerprint density at radius 1 is 1.14 bits per heavy atom. The Morgan fingerprint density at radius 2 is 2.03 bits per heavy atom. The normalized spacial score (nSPS) is 20.2. The van der Waals surface area contributed by atoms with Crippen LogP contribution >= 0.6 is 0 Å². The van der Waals surface area contributed by atoms with Crippen LogP contribution in [0.2, 0.25) is 0 Å². The fourth-order valence-electron chi connectivity index (χ4n) is 4.07. The van der Waals surface area contributed by atoms with E-state index in [9.17, 15) is 4.39 Å². The van der Waals surface area contributed by atoms with E-state index in [2.05, 4.69) is 30.1 Å². The summed E-state index contributed by atoms with van der Waals surface area (Å²) in [6.45, 7) is 4.64. The molecular formula is C20H24FN7O. The van der Waals surface area contributed by atoms with Gasteiger partial charge in [0.2, 0.25) is 5.95 Å². The van der Waals surface area contributed by atoms with E-state index < -0.39 is 0 Å². The molecule has 0 unspecified atom stereocenters. The van der Waals surface area contributed by atoms with Gasteiger partial charge in [0.25, 0.3) is 0 Å². The van der Waals surface area contributed by atoms with Crippen LogP contribution in [0, 0.1) is 5.82 Å². The molecule has 1 aromatic carbocycles. The van der Waals surface area contributed by atoms with Gasteiger partial charge in [0, 0.05) is 37.9 Å². The number of halogens is 1. The third-order valence-electron chi connectivity index (χ3n) is 5.50. The Bertz CT molecular complexity index is 988. The van der Waals surface area contributed by atoms with Gasteiger partial charge in [-0.15, -0.1) is 0 Å². The van der Waals surface area contributed by atoms with Crippen LogP contribution in [0.4, 0.5) is 21.8 Å². The molecule has 0 radical (unpaired) electrons. The maximum absolute atomic E-state index is 13.6.